The number of hydrogen-bond donors (Lipinski definition) is 2. The molecule has 186 valence electrons. The van der Waals surface area contributed by atoms with Gasteiger partial charge in [0, 0.05) is 13.1 Å². The Morgan fingerprint density at radius 2 is 1.24 bits per heavy atom. The second-order valence-electron chi connectivity index (χ2n) is 10.3. The number of ether oxygens (including phenoxy) is 2. The molecule has 2 atom stereocenters. The highest BCUT2D eigenvalue weighted by atomic mass is 16.6. The molecule has 3 heterocycles. The van der Waals surface area contributed by atoms with Gasteiger partial charge in [-0.1, -0.05) is 6.07 Å². The first-order chi connectivity index (χ1) is 15.8. The third kappa shape index (κ3) is 6.09. The number of rotatable bonds is 4. The van der Waals surface area contributed by atoms with Gasteiger partial charge in [0.05, 0.1) is 25.2 Å². The number of hydrogen-bond acceptors (Lipinski definition) is 9. The van der Waals surface area contributed by atoms with Crippen LogP contribution in [0.4, 0.5) is 9.59 Å². The van der Waals surface area contributed by atoms with Gasteiger partial charge in [-0.25, -0.2) is 14.6 Å². The van der Waals surface area contributed by atoms with E-state index in [4.69, 9.17) is 25.9 Å². The molecule has 3 rings (SSSR count). The fourth-order valence-corrected chi connectivity index (χ4v) is 3.46. The summed E-state index contributed by atoms with van der Waals surface area (Å²) in [6.07, 6.45) is -1.04. The molecule has 0 bridgehead atoms. The first-order valence-electron chi connectivity index (χ1n) is 11.4. The lowest BCUT2D eigenvalue weighted by atomic mass is 10.2. The van der Waals surface area contributed by atoms with Crippen molar-refractivity contribution in [3.05, 3.63) is 29.6 Å². The molecule has 0 saturated heterocycles. The summed E-state index contributed by atoms with van der Waals surface area (Å²) in [5.41, 5.74) is 11.2. The van der Waals surface area contributed by atoms with Crippen molar-refractivity contribution < 1.29 is 19.1 Å². The smallest absolute Gasteiger partial charge is 0.416 e. The van der Waals surface area contributed by atoms with Crippen LogP contribution in [0.2, 0.25) is 0 Å². The second kappa shape index (κ2) is 9.67. The highest BCUT2D eigenvalue weighted by Crippen LogP contribution is 2.22. The number of aliphatic imine (C=N–C) groups is 2. The van der Waals surface area contributed by atoms with Crippen molar-refractivity contribution in [2.24, 2.45) is 21.5 Å². The third-order valence-corrected chi connectivity index (χ3v) is 4.89. The summed E-state index contributed by atoms with van der Waals surface area (Å²) in [6.45, 7) is 12.0. The Morgan fingerprint density at radius 1 is 0.853 bits per heavy atom. The van der Waals surface area contributed by atoms with Crippen LogP contribution in [0.15, 0.2) is 28.2 Å². The van der Waals surface area contributed by atoms with Crippen LogP contribution in [0.1, 0.15) is 52.9 Å². The normalized spacial score (nSPS) is 20.8. The van der Waals surface area contributed by atoms with Crippen molar-refractivity contribution in [2.45, 2.75) is 64.8 Å². The topological polar surface area (TPSA) is 149 Å². The van der Waals surface area contributed by atoms with E-state index in [1.54, 1.807) is 59.7 Å². The minimum atomic E-state index is -0.665. The Bertz CT molecular complexity index is 919. The maximum atomic E-state index is 12.9. The van der Waals surface area contributed by atoms with Crippen LogP contribution in [0, 0.1) is 0 Å². The fraction of sp³-hybridized carbons (Fsp3) is 0.609. The van der Waals surface area contributed by atoms with Gasteiger partial charge >= 0.3 is 12.2 Å². The van der Waals surface area contributed by atoms with Crippen LogP contribution in [0.3, 0.4) is 0 Å². The minimum absolute atomic E-state index is 0.267. The molecule has 11 heteroatoms. The van der Waals surface area contributed by atoms with Crippen LogP contribution in [-0.4, -0.2) is 88.1 Å². The van der Waals surface area contributed by atoms with E-state index in [9.17, 15) is 9.59 Å². The van der Waals surface area contributed by atoms with Gasteiger partial charge < -0.3 is 20.9 Å². The number of carbonyl (C=O) groups excluding carboxylic acids is 2. The quantitative estimate of drug-likeness (QED) is 0.676. The van der Waals surface area contributed by atoms with Crippen molar-refractivity contribution in [2.75, 3.05) is 26.2 Å². The van der Waals surface area contributed by atoms with E-state index in [2.05, 4.69) is 9.98 Å². The lowest BCUT2D eigenvalue weighted by Gasteiger charge is -2.26. The van der Waals surface area contributed by atoms with Gasteiger partial charge in [0.25, 0.3) is 0 Å². The molecule has 2 aliphatic rings. The van der Waals surface area contributed by atoms with Crippen molar-refractivity contribution in [1.29, 1.82) is 0 Å². The minimum Gasteiger partial charge on any atom is -0.443 e. The van der Waals surface area contributed by atoms with Crippen molar-refractivity contribution >= 4 is 23.9 Å². The zero-order chi connectivity index (χ0) is 25.3. The first kappa shape index (κ1) is 25.6. The van der Waals surface area contributed by atoms with E-state index >= 15 is 0 Å². The molecule has 0 aliphatic carbocycles. The molecule has 1 aromatic rings. The average Bonchev–Trinajstić information content (AvgIpc) is 3.36. The van der Waals surface area contributed by atoms with E-state index in [1.807, 2.05) is 0 Å². The summed E-state index contributed by atoms with van der Waals surface area (Å²) < 4.78 is 11.1. The van der Waals surface area contributed by atoms with Gasteiger partial charge in [-0.2, -0.15) is 0 Å². The summed E-state index contributed by atoms with van der Waals surface area (Å²) in [5, 5.41) is 0. The molecule has 0 unspecified atom stereocenters. The van der Waals surface area contributed by atoms with E-state index in [-0.39, 0.29) is 25.2 Å². The zero-order valence-electron chi connectivity index (χ0n) is 20.7. The molecular formula is C23H35N7O4. The second-order valence-corrected chi connectivity index (χ2v) is 10.3. The zero-order valence-corrected chi connectivity index (χ0v) is 20.7. The average molecular weight is 474 g/mol. The molecule has 1 aromatic heterocycles. The highest BCUT2D eigenvalue weighted by molar-refractivity contribution is 6.09. The van der Waals surface area contributed by atoms with Crippen LogP contribution < -0.4 is 11.5 Å². The number of amides is 2. The predicted octanol–water partition coefficient (Wildman–Crippen LogP) is 1.73. The predicted molar refractivity (Wildman–Crippen MR) is 129 cm³/mol. The molecule has 0 saturated carbocycles. The lowest BCUT2D eigenvalue weighted by Crippen LogP contribution is -2.42. The van der Waals surface area contributed by atoms with E-state index in [0.717, 1.165) is 0 Å². The maximum absolute atomic E-state index is 12.9. The Morgan fingerprint density at radius 3 is 1.56 bits per heavy atom. The van der Waals surface area contributed by atoms with Crippen molar-refractivity contribution in [3.63, 3.8) is 0 Å². The van der Waals surface area contributed by atoms with Gasteiger partial charge in [-0.3, -0.25) is 19.8 Å². The van der Waals surface area contributed by atoms with Gasteiger partial charge in [-0.05, 0) is 53.7 Å². The molecule has 34 heavy (non-hydrogen) atoms. The van der Waals surface area contributed by atoms with Crippen molar-refractivity contribution in [1.82, 2.24) is 14.8 Å². The SMILES string of the molecule is CC(C)(C)OC(=O)N1C[C@H](CN)N=C1c1cccc(C2=N[C@@H](CN)CN2C(=O)OC(C)(C)C)n1. The summed E-state index contributed by atoms with van der Waals surface area (Å²) in [5.74, 6) is 0.730. The highest BCUT2D eigenvalue weighted by Gasteiger charge is 2.36. The van der Waals surface area contributed by atoms with E-state index < -0.39 is 23.4 Å². The molecule has 2 amide bonds. The van der Waals surface area contributed by atoms with E-state index in [0.29, 0.717) is 36.1 Å². The van der Waals surface area contributed by atoms with Crippen LogP contribution in [0.25, 0.3) is 0 Å². The van der Waals surface area contributed by atoms with Gasteiger partial charge in [0.2, 0.25) is 0 Å². The van der Waals surface area contributed by atoms with E-state index in [1.165, 1.54) is 9.80 Å². The molecule has 0 spiro atoms. The number of aromatic nitrogens is 1. The standard InChI is InChI=1S/C23H35N7O4/c1-22(2,3)33-20(31)29-12-14(10-24)26-18(29)16-8-7-9-17(28-16)19-27-15(11-25)13-30(19)21(32)34-23(4,5)6/h7-9,14-15H,10-13,24-25H2,1-6H3/t14-,15-/m0/s1. The molecular weight excluding hydrogens is 438 g/mol. The van der Waals surface area contributed by atoms with Gasteiger partial charge in [-0.15, -0.1) is 0 Å². The molecule has 0 aromatic carbocycles. The van der Waals surface area contributed by atoms with Crippen LogP contribution in [0.5, 0.6) is 0 Å². The monoisotopic (exact) mass is 473 g/mol. The number of amidine groups is 2. The Hall–Kier alpha value is -3.05. The summed E-state index contributed by atoms with van der Waals surface area (Å²) in [6, 6.07) is 4.72. The number of carbonyl (C=O) groups is 2. The largest absolute Gasteiger partial charge is 0.443 e. The molecule has 4 N–H and O–H groups in total. The van der Waals surface area contributed by atoms with Crippen molar-refractivity contribution in [3.8, 4) is 0 Å². The first-order valence-corrected chi connectivity index (χ1v) is 11.4. The van der Waals surface area contributed by atoms with Crippen LogP contribution in [-0.2, 0) is 9.47 Å². The summed E-state index contributed by atoms with van der Waals surface area (Å²) >= 11 is 0. The Balaban J connectivity index is 1.94. The number of nitrogens with zero attached hydrogens (tertiary/aromatic N) is 5. The molecule has 11 nitrogen and oxygen atoms in total. The number of pyridine rings is 1. The Labute approximate surface area is 200 Å². The van der Waals surface area contributed by atoms with Gasteiger partial charge in [0.1, 0.15) is 22.6 Å². The van der Waals surface area contributed by atoms with Crippen LogP contribution >= 0.6 is 0 Å². The summed E-state index contributed by atoms with van der Waals surface area (Å²) in [4.78, 5) is 42.5. The van der Waals surface area contributed by atoms with Gasteiger partial charge in [0.15, 0.2) is 11.7 Å². The molecule has 0 radical (unpaired) electrons. The Kier molecular flexibility index (Phi) is 7.27. The fourth-order valence-electron chi connectivity index (χ4n) is 3.46. The molecule has 2 aliphatic heterocycles. The molecule has 0 fully saturated rings. The summed E-state index contributed by atoms with van der Waals surface area (Å²) in [7, 11) is 0. The third-order valence-electron chi connectivity index (χ3n) is 4.89. The lowest BCUT2D eigenvalue weighted by molar-refractivity contribution is 0.0367. The number of nitrogens with two attached hydrogens (primary N) is 2. The maximum Gasteiger partial charge on any atom is 0.416 e.